The van der Waals surface area contributed by atoms with E-state index < -0.39 is 16.1 Å². The molecule has 152 valence electrons. The number of sulfonamides is 1. The van der Waals surface area contributed by atoms with Crippen LogP contribution in [-0.2, 0) is 14.8 Å². The summed E-state index contributed by atoms with van der Waals surface area (Å²) in [6.45, 7) is 5.71. The maximum absolute atomic E-state index is 13.2. The maximum atomic E-state index is 13.2. The largest absolute Gasteiger partial charge is 0.324 e. The van der Waals surface area contributed by atoms with Crippen LogP contribution in [0.2, 0.25) is 0 Å². The van der Waals surface area contributed by atoms with Gasteiger partial charge >= 0.3 is 0 Å². The van der Waals surface area contributed by atoms with E-state index in [0.717, 1.165) is 28.2 Å². The predicted molar refractivity (Wildman–Crippen MR) is 120 cm³/mol. The van der Waals surface area contributed by atoms with Gasteiger partial charge in [0.25, 0.3) is 0 Å². The van der Waals surface area contributed by atoms with E-state index in [2.05, 4.69) is 5.32 Å². The average molecular weight is 411 g/mol. The molecule has 3 aromatic carbocycles. The van der Waals surface area contributed by atoms with Crippen LogP contribution in [0.4, 0.5) is 11.4 Å². The fourth-order valence-electron chi connectivity index (χ4n) is 3.47. The summed E-state index contributed by atoms with van der Waals surface area (Å²) >= 11 is 0. The summed E-state index contributed by atoms with van der Waals surface area (Å²) < 4.78 is 26.5. The molecule has 6 heteroatoms. The minimum atomic E-state index is -3.67. The number of nitrogens with one attached hydrogen (secondary N) is 1. The van der Waals surface area contributed by atoms with E-state index in [1.165, 1.54) is 4.31 Å². The first kappa shape index (κ1) is 20.9. The Hall–Kier alpha value is -2.86. The summed E-state index contributed by atoms with van der Waals surface area (Å²) in [6.07, 6.45) is 1.48. The van der Waals surface area contributed by atoms with Crippen molar-refractivity contribution in [3.8, 4) is 0 Å². The Balaban J connectivity index is 2.00. The van der Waals surface area contributed by atoms with Gasteiger partial charge in [0.1, 0.15) is 6.04 Å². The molecule has 0 aliphatic rings. The lowest BCUT2D eigenvalue weighted by molar-refractivity contribution is -0.117. The summed E-state index contributed by atoms with van der Waals surface area (Å²) in [4.78, 5) is 13.2. The lowest BCUT2D eigenvalue weighted by atomic mass is 10.1. The Labute approximate surface area is 172 Å². The zero-order chi connectivity index (χ0) is 21.2. The SMILES string of the molecule is CCC(C(=O)Nc1cccc2ccccc12)N(c1ccc(C)c(C)c1)S(C)(=O)=O. The van der Waals surface area contributed by atoms with E-state index in [0.29, 0.717) is 17.8 Å². The molecule has 0 aliphatic carbocycles. The molecule has 0 saturated heterocycles. The van der Waals surface area contributed by atoms with Crippen LogP contribution >= 0.6 is 0 Å². The number of carbonyl (C=O) groups excluding carboxylic acids is 1. The Morgan fingerprint density at radius 3 is 2.34 bits per heavy atom. The van der Waals surface area contributed by atoms with Crippen LogP contribution in [0.15, 0.2) is 60.7 Å². The molecule has 0 saturated carbocycles. The highest BCUT2D eigenvalue weighted by atomic mass is 32.2. The normalized spacial score (nSPS) is 12.6. The molecule has 1 amide bonds. The van der Waals surface area contributed by atoms with Gasteiger partial charge in [-0.1, -0.05) is 49.4 Å². The number of hydrogen-bond acceptors (Lipinski definition) is 3. The number of hydrogen-bond donors (Lipinski definition) is 1. The third-order valence-corrected chi connectivity index (χ3v) is 6.30. The van der Waals surface area contributed by atoms with Crippen molar-refractivity contribution in [2.24, 2.45) is 0 Å². The van der Waals surface area contributed by atoms with Gasteiger partial charge in [0, 0.05) is 11.1 Å². The smallest absolute Gasteiger partial charge is 0.248 e. The van der Waals surface area contributed by atoms with Crippen LogP contribution in [0.5, 0.6) is 0 Å². The third kappa shape index (κ3) is 4.43. The number of anilines is 2. The number of aryl methyl sites for hydroxylation is 2. The number of carbonyl (C=O) groups is 1. The molecule has 1 unspecified atom stereocenters. The van der Waals surface area contributed by atoms with Crippen molar-refractivity contribution < 1.29 is 13.2 Å². The molecule has 0 spiro atoms. The van der Waals surface area contributed by atoms with E-state index in [4.69, 9.17) is 0 Å². The summed E-state index contributed by atoms with van der Waals surface area (Å²) in [5, 5.41) is 4.86. The molecule has 0 bridgehead atoms. The van der Waals surface area contributed by atoms with Gasteiger partial charge in [-0.25, -0.2) is 8.42 Å². The first-order chi connectivity index (χ1) is 13.7. The van der Waals surface area contributed by atoms with Crippen LogP contribution in [0.1, 0.15) is 24.5 Å². The fourth-order valence-corrected chi connectivity index (χ4v) is 4.68. The van der Waals surface area contributed by atoms with Gasteiger partial charge in [-0.2, -0.15) is 0 Å². The standard InChI is InChI=1S/C23H26N2O3S/c1-5-22(25(29(4,27)28)19-14-13-16(2)17(3)15-19)23(26)24-21-12-8-10-18-9-6-7-11-20(18)21/h6-15,22H,5H2,1-4H3,(H,24,26). The molecular formula is C23H26N2O3S. The van der Waals surface area contributed by atoms with Crippen molar-refractivity contribution in [2.45, 2.75) is 33.2 Å². The van der Waals surface area contributed by atoms with Crippen molar-refractivity contribution in [1.29, 1.82) is 0 Å². The Bertz CT molecular complexity index is 1150. The number of nitrogens with zero attached hydrogens (tertiary/aromatic N) is 1. The molecule has 0 radical (unpaired) electrons. The summed E-state index contributed by atoms with van der Waals surface area (Å²) in [7, 11) is -3.67. The van der Waals surface area contributed by atoms with Crippen LogP contribution in [0.25, 0.3) is 10.8 Å². The van der Waals surface area contributed by atoms with Gasteiger partial charge in [0.15, 0.2) is 0 Å². The summed E-state index contributed by atoms with van der Waals surface area (Å²) in [6, 6.07) is 18.0. The average Bonchev–Trinajstić information content (AvgIpc) is 2.67. The van der Waals surface area contributed by atoms with Gasteiger partial charge in [0.2, 0.25) is 15.9 Å². The van der Waals surface area contributed by atoms with Gasteiger partial charge in [0.05, 0.1) is 11.9 Å². The Morgan fingerprint density at radius 1 is 1.00 bits per heavy atom. The molecule has 1 atom stereocenters. The fraction of sp³-hybridized carbons (Fsp3) is 0.261. The van der Waals surface area contributed by atoms with E-state index in [-0.39, 0.29) is 5.91 Å². The lowest BCUT2D eigenvalue weighted by Crippen LogP contribution is -2.47. The van der Waals surface area contributed by atoms with Crippen molar-refractivity contribution in [1.82, 2.24) is 0 Å². The second-order valence-electron chi connectivity index (χ2n) is 7.27. The molecule has 0 aliphatic heterocycles. The van der Waals surface area contributed by atoms with E-state index in [1.807, 2.05) is 75.4 Å². The predicted octanol–water partition coefficient (Wildman–Crippen LogP) is 4.64. The highest BCUT2D eigenvalue weighted by Crippen LogP contribution is 2.27. The Morgan fingerprint density at radius 2 is 1.69 bits per heavy atom. The zero-order valence-corrected chi connectivity index (χ0v) is 18.0. The van der Waals surface area contributed by atoms with Crippen molar-refractivity contribution in [3.05, 3.63) is 71.8 Å². The van der Waals surface area contributed by atoms with Gasteiger partial charge in [-0.3, -0.25) is 9.10 Å². The molecular weight excluding hydrogens is 384 g/mol. The number of rotatable bonds is 6. The van der Waals surface area contributed by atoms with Crippen molar-refractivity contribution >= 4 is 38.1 Å². The first-order valence-electron chi connectivity index (χ1n) is 9.57. The molecule has 5 nitrogen and oxygen atoms in total. The molecule has 0 heterocycles. The summed E-state index contributed by atoms with van der Waals surface area (Å²) in [5.41, 5.74) is 3.20. The highest BCUT2D eigenvalue weighted by Gasteiger charge is 2.31. The zero-order valence-electron chi connectivity index (χ0n) is 17.1. The lowest BCUT2D eigenvalue weighted by Gasteiger charge is -2.30. The quantitative estimate of drug-likeness (QED) is 0.644. The second-order valence-corrected chi connectivity index (χ2v) is 9.13. The van der Waals surface area contributed by atoms with Gasteiger partial charge in [-0.15, -0.1) is 0 Å². The van der Waals surface area contributed by atoms with E-state index in [1.54, 1.807) is 6.07 Å². The van der Waals surface area contributed by atoms with Crippen molar-refractivity contribution in [3.63, 3.8) is 0 Å². The van der Waals surface area contributed by atoms with Crippen LogP contribution in [0.3, 0.4) is 0 Å². The monoisotopic (exact) mass is 410 g/mol. The van der Waals surface area contributed by atoms with Crippen LogP contribution in [-0.4, -0.2) is 26.6 Å². The maximum Gasteiger partial charge on any atom is 0.248 e. The number of amides is 1. The topological polar surface area (TPSA) is 66.5 Å². The van der Waals surface area contributed by atoms with Gasteiger partial charge < -0.3 is 5.32 Å². The molecule has 1 N–H and O–H groups in total. The summed E-state index contributed by atoms with van der Waals surface area (Å²) in [5.74, 6) is -0.354. The number of benzene rings is 3. The molecule has 0 aromatic heterocycles. The second kappa shape index (κ2) is 8.25. The molecule has 3 rings (SSSR count). The molecule has 29 heavy (non-hydrogen) atoms. The van der Waals surface area contributed by atoms with E-state index >= 15 is 0 Å². The van der Waals surface area contributed by atoms with Crippen molar-refractivity contribution in [2.75, 3.05) is 15.9 Å². The highest BCUT2D eigenvalue weighted by molar-refractivity contribution is 7.92. The van der Waals surface area contributed by atoms with Crippen LogP contribution < -0.4 is 9.62 Å². The Kier molecular flexibility index (Phi) is 5.94. The first-order valence-corrected chi connectivity index (χ1v) is 11.4. The third-order valence-electron chi connectivity index (χ3n) is 5.12. The van der Waals surface area contributed by atoms with Crippen LogP contribution in [0, 0.1) is 13.8 Å². The number of fused-ring (bicyclic) bond motifs is 1. The van der Waals surface area contributed by atoms with Gasteiger partial charge in [-0.05, 0) is 55.0 Å². The minimum absolute atomic E-state index is 0.344. The molecule has 0 fully saturated rings. The van der Waals surface area contributed by atoms with E-state index in [9.17, 15) is 13.2 Å². The minimum Gasteiger partial charge on any atom is -0.324 e. The molecule has 3 aromatic rings.